The summed E-state index contributed by atoms with van der Waals surface area (Å²) < 4.78 is 1.73. The highest BCUT2D eigenvalue weighted by atomic mass is 16.2. The summed E-state index contributed by atoms with van der Waals surface area (Å²) in [6.07, 6.45) is 3.23. The fraction of sp³-hybridized carbons (Fsp3) is 0.429. The van der Waals surface area contributed by atoms with E-state index in [1.54, 1.807) is 38.1 Å². The number of aromatic nitrogens is 4. The molecule has 1 atom stereocenters. The van der Waals surface area contributed by atoms with Crippen molar-refractivity contribution in [2.75, 3.05) is 19.4 Å². The van der Waals surface area contributed by atoms with E-state index in [0.717, 1.165) is 11.4 Å². The molecule has 1 amide bonds. The molecule has 0 aliphatic carbocycles. The van der Waals surface area contributed by atoms with Crippen LogP contribution in [0.4, 0.5) is 5.82 Å². The number of anilines is 1. The molecule has 0 aliphatic rings. The van der Waals surface area contributed by atoms with Gasteiger partial charge in [-0.2, -0.15) is 5.10 Å². The largest absolute Gasteiger partial charge is 0.357 e. The second-order valence-corrected chi connectivity index (χ2v) is 5.20. The average Bonchev–Trinajstić information content (AvgIpc) is 2.77. The van der Waals surface area contributed by atoms with Crippen LogP contribution in [0.15, 0.2) is 18.5 Å². The highest BCUT2D eigenvalue weighted by Crippen LogP contribution is 2.12. The predicted molar refractivity (Wildman–Crippen MR) is 80.4 cm³/mol. The molecule has 0 saturated heterocycles. The van der Waals surface area contributed by atoms with Crippen molar-refractivity contribution < 1.29 is 4.79 Å². The number of aryl methyl sites for hydroxylation is 2. The van der Waals surface area contributed by atoms with Crippen LogP contribution >= 0.6 is 0 Å². The van der Waals surface area contributed by atoms with E-state index in [1.165, 1.54) is 4.90 Å². The summed E-state index contributed by atoms with van der Waals surface area (Å²) >= 11 is 0. The van der Waals surface area contributed by atoms with E-state index in [0.29, 0.717) is 11.6 Å². The van der Waals surface area contributed by atoms with Gasteiger partial charge in [-0.3, -0.25) is 9.78 Å². The summed E-state index contributed by atoms with van der Waals surface area (Å²) in [6.45, 7) is 5.68. The molecule has 7 heteroatoms. The molecule has 2 aromatic heterocycles. The summed E-state index contributed by atoms with van der Waals surface area (Å²) in [4.78, 5) is 22.0. The third-order valence-electron chi connectivity index (χ3n) is 3.02. The molecule has 112 valence electrons. The molecule has 0 aromatic carbocycles. The highest BCUT2D eigenvalue weighted by molar-refractivity contribution is 5.83. The normalized spacial score (nSPS) is 12.0. The lowest BCUT2D eigenvalue weighted by Crippen LogP contribution is -2.36. The van der Waals surface area contributed by atoms with Crippen molar-refractivity contribution in [3.63, 3.8) is 0 Å². The fourth-order valence-corrected chi connectivity index (χ4v) is 2.06. The van der Waals surface area contributed by atoms with Gasteiger partial charge in [0.25, 0.3) is 0 Å². The minimum Gasteiger partial charge on any atom is -0.357 e. The van der Waals surface area contributed by atoms with E-state index in [4.69, 9.17) is 0 Å². The summed E-state index contributed by atoms with van der Waals surface area (Å²) in [6, 6.07) is 1.60. The van der Waals surface area contributed by atoms with Crippen molar-refractivity contribution in [3.05, 3.63) is 29.8 Å². The van der Waals surface area contributed by atoms with Gasteiger partial charge >= 0.3 is 0 Å². The molecule has 21 heavy (non-hydrogen) atoms. The predicted octanol–water partition coefficient (Wildman–Crippen LogP) is 1.17. The van der Waals surface area contributed by atoms with E-state index in [2.05, 4.69) is 20.4 Å². The maximum Gasteiger partial charge on any atom is 0.244 e. The Kier molecular flexibility index (Phi) is 4.21. The number of hydrogen-bond acceptors (Lipinski definition) is 5. The molecule has 0 saturated carbocycles. The van der Waals surface area contributed by atoms with Crippen LogP contribution in [0.5, 0.6) is 0 Å². The van der Waals surface area contributed by atoms with Gasteiger partial charge in [0.2, 0.25) is 5.91 Å². The van der Waals surface area contributed by atoms with Gasteiger partial charge in [-0.05, 0) is 26.8 Å². The first kappa shape index (κ1) is 15.0. The van der Waals surface area contributed by atoms with Crippen LogP contribution in [0.1, 0.15) is 18.3 Å². The lowest BCUT2D eigenvalue weighted by Gasteiger charge is -2.18. The molecule has 0 unspecified atom stereocenters. The summed E-state index contributed by atoms with van der Waals surface area (Å²) in [5, 5.41) is 7.43. The summed E-state index contributed by atoms with van der Waals surface area (Å²) in [7, 11) is 3.44. The number of nitrogens with one attached hydrogen (secondary N) is 1. The van der Waals surface area contributed by atoms with E-state index < -0.39 is 0 Å². The summed E-state index contributed by atoms with van der Waals surface area (Å²) in [5.74, 6) is 1.14. The van der Waals surface area contributed by atoms with Gasteiger partial charge in [0, 0.05) is 19.8 Å². The van der Waals surface area contributed by atoms with E-state index in [1.807, 2.05) is 19.9 Å². The molecule has 2 aromatic rings. The molecular formula is C14H20N6O. The van der Waals surface area contributed by atoms with E-state index in [9.17, 15) is 4.79 Å². The Bertz CT molecular complexity index is 649. The fourth-order valence-electron chi connectivity index (χ4n) is 2.06. The second kappa shape index (κ2) is 5.90. The van der Waals surface area contributed by atoms with Crippen molar-refractivity contribution in [1.29, 1.82) is 0 Å². The van der Waals surface area contributed by atoms with Gasteiger partial charge in [-0.25, -0.2) is 9.67 Å². The third-order valence-corrected chi connectivity index (χ3v) is 3.02. The van der Waals surface area contributed by atoms with Crippen LogP contribution in [-0.4, -0.2) is 50.7 Å². The standard InChI is InChI=1S/C14H20N6O/c1-9-6-10(2)20(18-9)13-8-15-7-12(17-13)16-11(3)14(21)19(4)5/h6-8,11H,1-5H3,(H,16,17)/t11-/m0/s1. The molecular weight excluding hydrogens is 268 g/mol. The molecule has 0 spiro atoms. The smallest absolute Gasteiger partial charge is 0.244 e. The van der Waals surface area contributed by atoms with Crippen molar-refractivity contribution in [2.45, 2.75) is 26.8 Å². The van der Waals surface area contributed by atoms with Crippen LogP contribution in [0.3, 0.4) is 0 Å². The molecule has 1 N–H and O–H groups in total. The number of nitrogens with zero attached hydrogens (tertiary/aromatic N) is 5. The second-order valence-electron chi connectivity index (χ2n) is 5.20. The number of hydrogen-bond donors (Lipinski definition) is 1. The Hall–Kier alpha value is -2.44. The number of likely N-dealkylation sites (N-methyl/N-ethyl adjacent to an activating group) is 1. The quantitative estimate of drug-likeness (QED) is 0.914. The average molecular weight is 288 g/mol. The zero-order chi connectivity index (χ0) is 15.6. The zero-order valence-electron chi connectivity index (χ0n) is 13.0. The third kappa shape index (κ3) is 3.36. The zero-order valence-corrected chi connectivity index (χ0v) is 13.0. The number of amides is 1. The Morgan fingerprint density at radius 3 is 2.62 bits per heavy atom. The Morgan fingerprint density at radius 2 is 2.05 bits per heavy atom. The van der Waals surface area contributed by atoms with Gasteiger partial charge in [0.1, 0.15) is 11.9 Å². The lowest BCUT2D eigenvalue weighted by molar-refractivity contribution is -0.129. The molecule has 7 nitrogen and oxygen atoms in total. The molecule has 2 heterocycles. The maximum absolute atomic E-state index is 11.9. The Morgan fingerprint density at radius 1 is 1.33 bits per heavy atom. The molecule has 0 aliphatic heterocycles. The summed E-state index contributed by atoms with van der Waals surface area (Å²) in [5.41, 5.74) is 1.90. The van der Waals surface area contributed by atoms with Gasteiger partial charge in [-0.1, -0.05) is 0 Å². The minimum absolute atomic E-state index is 0.0201. The monoisotopic (exact) mass is 288 g/mol. The van der Waals surface area contributed by atoms with Crippen LogP contribution in [0.2, 0.25) is 0 Å². The van der Waals surface area contributed by atoms with Gasteiger partial charge < -0.3 is 10.2 Å². The highest BCUT2D eigenvalue weighted by Gasteiger charge is 2.15. The van der Waals surface area contributed by atoms with Crippen LogP contribution < -0.4 is 5.32 Å². The first-order chi connectivity index (χ1) is 9.88. The first-order valence-electron chi connectivity index (χ1n) is 6.72. The number of carbonyl (C=O) groups is 1. The maximum atomic E-state index is 11.9. The molecule has 2 rings (SSSR count). The van der Waals surface area contributed by atoms with Crippen LogP contribution in [0, 0.1) is 13.8 Å². The minimum atomic E-state index is -0.370. The van der Waals surface area contributed by atoms with Crippen molar-refractivity contribution in [3.8, 4) is 5.82 Å². The van der Waals surface area contributed by atoms with Crippen molar-refractivity contribution in [2.24, 2.45) is 0 Å². The molecule has 0 bridgehead atoms. The van der Waals surface area contributed by atoms with Gasteiger partial charge in [0.05, 0.1) is 18.1 Å². The first-order valence-corrected chi connectivity index (χ1v) is 6.72. The van der Waals surface area contributed by atoms with Gasteiger partial charge in [0.15, 0.2) is 5.82 Å². The number of carbonyl (C=O) groups excluding carboxylic acids is 1. The topological polar surface area (TPSA) is 75.9 Å². The van der Waals surface area contributed by atoms with Gasteiger partial charge in [-0.15, -0.1) is 0 Å². The van der Waals surface area contributed by atoms with Crippen molar-refractivity contribution >= 4 is 11.7 Å². The van der Waals surface area contributed by atoms with E-state index in [-0.39, 0.29) is 11.9 Å². The van der Waals surface area contributed by atoms with Crippen LogP contribution in [0.25, 0.3) is 5.82 Å². The van der Waals surface area contributed by atoms with Crippen molar-refractivity contribution in [1.82, 2.24) is 24.6 Å². The Balaban J connectivity index is 2.22. The van der Waals surface area contributed by atoms with Crippen LogP contribution in [-0.2, 0) is 4.79 Å². The lowest BCUT2D eigenvalue weighted by atomic mass is 10.3. The number of rotatable bonds is 4. The SMILES string of the molecule is Cc1cc(C)n(-c2cncc(N[C@@H](C)C(=O)N(C)C)n2)n1. The van der Waals surface area contributed by atoms with E-state index >= 15 is 0 Å². The molecule has 0 radical (unpaired) electrons. The molecule has 0 fully saturated rings. The Labute approximate surface area is 124 Å².